The van der Waals surface area contributed by atoms with Crippen molar-refractivity contribution in [3.63, 3.8) is 0 Å². The first-order valence-electron chi connectivity index (χ1n) is 25.9. The largest absolute Gasteiger partial charge is 0.334 e. The van der Waals surface area contributed by atoms with Crippen molar-refractivity contribution in [3.05, 3.63) is 226 Å². The van der Waals surface area contributed by atoms with Crippen LogP contribution in [0.2, 0.25) is 0 Å². The Bertz CT molecular complexity index is 3100. The standard InChI is InChI=1S/C67H64N2/c1-45-39-49(43-59-61(45)68(53-27-15-9-16-28-53)65(5)37-21-19-35-63(59,65)3)47-31-33-55-56-34-32-48(42-58(56)67(57(55)41-47,51-23-11-7-12-24-51)52-25-13-8-14-26-52)50-40-46(2)62-60(44-50)64(4)36-20-22-38-66(64,6)69(62)54-29-17-10-18-30-54/h7-18,23-34,39-44H,19-22,35-38H2,1-6H3. The molecule has 5 aliphatic rings. The zero-order valence-electron chi connectivity index (χ0n) is 41.4. The van der Waals surface area contributed by atoms with Crippen LogP contribution in [0.25, 0.3) is 33.4 Å². The van der Waals surface area contributed by atoms with Crippen molar-refractivity contribution >= 4 is 22.7 Å². The van der Waals surface area contributed by atoms with E-state index >= 15 is 0 Å². The summed E-state index contributed by atoms with van der Waals surface area (Å²) >= 11 is 0. The zero-order valence-corrected chi connectivity index (χ0v) is 41.4. The highest BCUT2D eigenvalue weighted by Gasteiger charge is 2.60. The Balaban J connectivity index is 1.00. The molecule has 3 aliphatic carbocycles. The normalized spacial score (nSPS) is 24.8. The van der Waals surface area contributed by atoms with E-state index < -0.39 is 5.41 Å². The molecule has 2 aliphatic heterocycles. The molecule has 342 valence electrons. The van der Waals surface area contributed by atoms with Gasteiger partial charge in [-0.2, -0.15) is 0 Å². The third-order valence-corrected chi connectivity index (χ3v) is 19.0. The molecule has 2 nitrogen and oxygen atoms in total. The second-order valence-corrected chi connectivity index (χ2v) is 22.3. The Morgan fingerprint density at radius 1 is 0.348 bits per heavy atom. The monoisotopic (exact) mass is 897 g/mol. The number of hydrogen-bond acceptors (Lipinski definition) is 2. The van der Waals surface area contributed by atoms with Crippen molar-refractivity contribution in [2.24, 2.45) is 0 Å². The summed E-state index contributed by atoms with van der Waals surface area (Å²) in [5.74, 6) is 0. The van der Waals surface area contributed by atoms with Gasteiger partial charge in [0.15, 0.2) is 0 Å². The average molecular weight is 897 g/mol. The zero-order chi connectivity index (χ0) is 46.9. The molecule has 2 heteroatoms. The minimum absolute atomic E-state index is 0.00217. The van der Waals surface area contributed by atoms with Gasteiger partial charge in [-0.1, -0.05) is 161 Å². The Labute approximate surface area is 410 Å². The maximum absolute atomic E-state index is 2.73. The first kappa shape index (κ1) is 42.5. The lowest BCUT2D eigenvalue weighted by molar-refractivity contribution is 0.195. The van der Waals surface area contributed by atoms with E-state index in [4.69, 9.17) is 0 Å². The van der Waals surface area contributed by atoms with Gasteiger partial charge in [-0.25, -0.2) is 0 Å². The first-order valence-corrected chi connectivity index (χ1v) is 25.9. The molecule has 8 aromatic carbocycles. The third-order valence-electron chi connectivity index (χ3n) is 19.0. The summed E-state index contributed by atoms with van der Waals surface area (Å²) in [7, 11) is 0. The van der Waals surface area contributed by atoms with Crippen molar-refractivity contribution in [3.8, 4) is 33.4 Å². The van der Waals surface area contributed by atoms with Crippen LogP contribution in [-0.4, -0.2) is 11.1 Å². The van der Waals surface area contributed by atoms with Gasteiger partial charge < -0.3 is 9.80 Å². The molecular formula is C67H64N2. The average Bonchev–Trinajstić information content (AvgIpc) is 3.88. The van der Waals surface area contributed by atoms with E-state index in [9.17, 15) is 0 Å². The van der Waals surface area contributed by atoms with Crippen LogP contribution in [0.15, 0.2) is 182 Å². The lowest BCUT2D eigenvalue weighted by atomic mass is 9.61. The van der Waals surface area contributed by atoms with Gasteiger partial charge in [-0.15, -0.1) is 0 Å². The molecule has 69 heavy (non-hydrogen) atoms. The molecule has 4 unspecified atom stereocenters. The molecule has 13 rings (SSSR count). The van der Waals surface area contributed by atoms with E-state index in [1.165, 1.54) is 152 Å². The molecule has 0 aromatic heterocycles. The SMILES string of the molecule is Cc1cc(-c2ccc3c(c2)C(c2ccccc2)(c2ccccc2)c2cc(-c4cc(C)c5c(c4)C4(C)CCCCC4(C)N5c4ccccc4)ccc2-3)cc2c1N(c1ccccc1)C1(C)CCCCC21C. The van der Waals surface area contributed by atoms with Crippen LogP contribution in [-0.2, 0) is 16.2 Å². The van der Waals surface area contributed by atoms with Crippen LogP contribution in [0.5, 0.6) is 0 Å². The van der Waals surface area contributed by atoms with E-state index in [2.05, 4.69) is 233 Å². The van der Waals surface area contributed by atoms with Crippen molar-refractivity contribution in [2.75, 3.05) is 9.80 Å². The fourth-order valence-electron chi connectivity index (χ4n) is 15.2. The number of para-hydroxylation sites is 2. The van der Waals surface area contributed by atoms with Crippen molar-refractivity contribution in [1.29, 1.82) is 0 Å². The van der Waals surface area contributed by atoms with E-state index in [1.54, 1.807) is 0 Å². The highest BCUT2D eigenvalue weighted by Crippen LogP contribution is 2.65. The number of aryl methyl sites for hydroxylation is 2. The lowest BCUT2D eigenvalue weighted by Crippen LogP contribution is -2.54. The Hall–Kier alpha value is -6.64. The minimum atomic E-state index is -0.535. The Morgan fingerprint density at radius 2 is 0.696 bits per heavy atom. The van der Waals surface area contributed by atoms with E-state index in [0.29, 0.717) is 0 Å². The summed E-state index contributed by atoms with van der Waals surface area (Å²) < 4.78 is 0. The highest BCUT2D eigenvalue weighted by molar-refractivity contribution is 5.92. The van der Waals surface area contributed by atoms with Crippen LogP contribution in [0.1, 0.15) is 124 Å². The molecule has 0 bridgehead atoms. The molecule has 0 N–H and O–H groups in total. The summed E-state index contributed by atoms with van der Waals surface area (Å²) in [6.07, 6.45) is 9.84. The van der Waals surface area contributed by atoms with Crippen LogP contribution in [0, 0.1) is 13.8 Å². The van der Waals surface area contributed by atoms with Gasteiger partial charge in [0, 0.05) is 33.6 Å². The fraction of sp³-hybridized carbons (Fsp3) is 0.284. The van der Waals surface area contributed by atoms with E-state index in [-0.39, 0.29) is 21.9 Å². The van der Waals surface area contributed by atoms with Crippen LogP contribution >= 0.6 is 0 Å². The highest BCUT2D eigenvalue weighted by atomic mass is 15.3. The summed E-state index contributed by atoms with van der Waals surface area (Å²) in [4.78, 5) is 5.45. The minimum Gasteiger partial charge on any atom is -0.334 e. The third kappa shape index (κ3) is 5.67. The van der Waals surface area contributed by atoms with Gasteiger partial charge >= 0.3 is 0 Å². The first-order chi connectivity index (χ1) is 33.5. The smallest absolute Gasteiger partial charge is 0.0713 e. The second-order valence-electron chi connectivity index (χ2n) is 22.3. The van der Waals surface area contributed by atoms with E-state index in [0.717, 1.165) is 0 Å². The Morgan fingerprint density at radius 3 is 1.09 bits per heavy atom. The van der Waals surface area contributed by atoms with Gasteiger partial charge in [0.05, 0.1) is 16.5 Å². The summed E-state index contributed by atoms with van der Waals surface area (Å²) in [5.41, 5.74) is 23.8. The number of rotatable bonds is 6. The number of fused-ring (bicyclic) bond motifs is 9. The molecular weight excluding hydrogens is 833 g/mol. The quantitative estimate of drug-likeness (QED) is 0.164. The molecule has 0 saturated heterocycles. The molecule has 2 saturated carbocycles. The lowest BCUT2D eigenvalue weighted by Gasteiger charge is -2.50. The molecule has 0 radical (unpaired) electrons. The number of hydrogen-bond donors (Lipinski definition) is 0. The maximum Gasteiger partial charge on any atom is 0.0713 e. The predicted molar refractivity (Wildman–Crippen MR) is 290 cm³/mol. The topological polar surface area (TPSA) is 6.48 Å². The summed E-state index contributed by atoms with van der Waals surface area (Å²) in [5, 5.41) is 0. The number of benzene rings is 8. The van der Waals surface area contributed by atoms with Gasteiger partial charge in [0.2, 0.25) is 0 Å². The van der Waals surface area contributed by atoms with Gasteiger partial charge in [-0.3, -0.25) is 0 Å². The molecule has 0 spiro atoms. The fourth-order valence-corrected chi connectivity index (χ4v) is 15.2. The molecule has 0 amide bonds. The van der Waals surface area contributed by atoms with Crippen molar-refractivity contribution in [1.82, 2.24) is 0 Å². The maximum atomic E-state index is 2.73. The van der Waals surface area contributed by atoms with E-state index in [1.807, 2.05) is 0 Å². The van der Waals surface area contributed by atoms with Crippen molar-refractivity contribution < 1.29 is 0 Å². The number of anilines is 4. The van der Waals surface area contributed by atoms with Crippen LogP contribution in [0.3, 0.4) is 0 Å². The molecule has 2 heterocycles. The van der Waals surface area contributed by atoms with Gasteiger partial charge in [-0.05, 0) is 192 Å². The predicted octanol–water partition coefficient (Wildman–Crippen LogP) is 17.5. The van der Waals surface area contributed by atoms with Crippen molar-refractivity contribution in [2.45, 2.75) is 120 Å². The number of nitrogens with zero attached hydrogens (tertiary/aromatic N) is 2. The van der Waals surface area contributed by atoms with Crippen LogP contribution < -0.4 is 9.80 Å². The summed E-state index contributed by atoms with van der Waals surface area (Å²) in [6, 6.07) is 70.2. The molecule has 2 fully saturated rings. The second kappa shape index (κ2) is 15.2. The molecule has 4 atom stereocenters. The van der Waals surface area contributed by atoms with Gasteiger partial charge in [0.1, 0.15) is 0 Å². The summed E-state index contributed by atoms with van der Waals surface area (Å²) in [6.45, 7) is 15.0. The van der Waals surface area contributed by atoms with Crippen LogP contribution in [0.4, 0.5) is 22.7 Å². The molecule has 8 aromatic rings. The van der Waals surface area contributed by atoms with Gasteiger partial charge in [0.25, 0.3) is 0 Å². The Kier molecular flexibility index (Phi) is 9.34.